The molecule has 2 N–H and O–H groups in total. The van der Waals surface area contributed by atoms with Crippen molar-refractivity contribution in [2.24, 2.45) is 0 Å². The molecule has 0 aliphatic carbocycles. The lowest BCUT2D eigenvalue weighted by Crippen LogP contribution is -2.25. The topological polar surface area (TPSA) is 84.0 Å². The fourth-order valence-electron chi connectivity index (χ4n) is 3.38. The second-order valence-corrected chi connectivity index (χ2v) is 7.93. The highest BCUT2D eigenvalue weighted by atomic mass is 19.4. The zero-order valence-electron chi connectivity index (χ0n) is 19.1. The number of carbonyl (C=O) groups is 2. The van der Waals surface area contributed by atoms with Crippen molar-refractivity contribution in [3.05, 3.63) is 102 Å². The van der Waals surface area contributed by atoms with Gasteiger partial charge in [-0.3, -0.25) is 19.6 Å². The second-order valence-electron chi connectivity index (χ2n) is 7.93. The van der Waals surface area contributed by atoms with Crippen molar-refractivity contribution in [3.8, 4) is 0 Å². The average Bonchev–Trinajstić information content (AvgIpc) is 2.86. The molecule has 0 spiro atoms. The molecule has 0 aliphatic heterocycles. The van der Waals surface area contributed by atoms with Crippen molar-refractivity contribution in [2.75, 3.05) is 10.6 Å². The molecular formula is C26H16F6N4O2. The zero-order valence-corrected chi connectivity index (χ0v) is 19.1. The van der Waals surface area contributed by atoms with Gasteiger partial charge in [-0.1, -0.05) is 18.2 Å². The number of anilines is 2. The predicted molar refractivity (Wildman–Crippen MR) is 128 cm³/mol. The molecule has 12 heteroatoms. The van der Waals surface area contributed by atoms with Crippen molar-refractivity contribution in [2.45, 2.75) is 12.4 Å². The molecule has 0 aliphatic rings. The Hall–Kier alpha value is -4.74. The van der Waals surface area contributed by atoms with E-state index in [2.05, 4.69) is 20.6 Å². The number of aromatic nitrogens is 2. The third-order valence-corrected chi connectivity index (χ3v) is 5.19. The number of benzene rings is 2. The first-order valence-corrected chi connectivity index (χ1v) is 10.8. The van der Waals surface area contributed by atoms with E-state index in [1.54, 1.807) is 30.5 Å². The summed E-state index contributed by atoms with van der Waals surface area (Å²) in [5.74, 6) is -2.05. The standard InChI is InChI=1S/C26H16F6N4O2/c27-25(28,29)17-4-1-5-18(13-17)35-23(37)20(11-15-6-9-22(34-14-15)26(30,31)32)24(38)36-19-7-8-21-16(12-19)3-2-10-33-21/h1-14H,(H,35,37)(H,36,38). The van der Waals surface area contributed by atoms with Gasteiger partial charge in [-0.05, 0) is 60.2 Å². The third kappa shape index (κ3) is 6.33. The van der Waals surface area contributed by atoms with Crippen LogP contribution in [-0.4, -0.2) is 21.8 Å². The summed E-state index contributed by atoms with van der Waals surface area (Å²) in [5.41, 5.74) is -2.15. The minimum Gasteiger partial charge on any atom is -0.322 e. The Balaban J connectivity index is 1.66. The van der Waals surface area contributed by atoms with E-state index in [-0.39, 0.29) is 16.9 Å². The number of pyridine rings is 2. The van der Waals surface area contributed by atoms with Crippen LogP contribution >= 0.6 is 0 Å². The first-order valence-electron chi connectivity index (χ1n) is 10.8. The van der Waals surface area contributed by atoms with E-state index in [1.165, 1.54) is 12.1 Å². The number of amides is 2. The van der Waals surface area contributed by atoms with Gasteiger partial charge in [0, 0.05) is 29.2 Å². The Morgan fingerprint density at radius 3 is 2.08 bits per heavy atom. The maximum absolute atomic E-state index is 13.1. The SMILES string of the molecule is O=C(Nc1cccc(C(F)(F)F)c1)C(=Cc1ccc(C(F)(F)F)nc1)C(=O)Nc1ccc2ncccc2c1. The van der Waals surface area contributed by atoms with Crippen molar-refractivity contribution < 1.29 is 35.9 Å². The van der Waals surface area contributed by atoms with Crippen LogP contribution in [0.4, 0.5) is 37.7 Å². The van der Waals surface area contributed by atoms with Gasteiger partial charge in [0.05, 0.1) is 11.1 Å². The van der Waals surface area contributed by atoms with E-state index in [9.17, 15) is 35.9 Å². The molecule has 0 atom stereocenters. The van der Waals surface area contributed by atoms with E-state index in [0.29, 0.717) is 23.0 Å². The Kier molecular flexibility index (Phi) is 7.15. The van der Waals surface area contributed by atoms with Gasteiger partial charge in [-0.15, -0.1) is 0 Å². The first kappa shape index (κ1) is 26.3. The number of halogens is 6. The van der Waals surface area contributed by atoms with Gasteiger partial charge in [-0.2, -0.15) is 26.3 Å². The molecule has 2 amide bonds. The molecule has 0 saturated carbocycles. The highest BCUT2D eigenvalue weighted by Gasteiger charge is 2.32. The Bertz CT molecular complexity index is 1530. The summed E-state index contributed by atoms with van der Waals surface area (Å²) < 4.78 is 77.8. The molecule has 2 aromatic heterocycles. The number of hydrogen-bond acceptors (Lipinski definition) is 4. The van der Waals surface area contributed by atoms with Crippen LogP contribution in [0.15, 0.2) is 84.7 Å². The van der Waals surface area contributed by atoms with Gasteiger partial charge in [-0.25, -0.2) is 0 Å². The lowest BCUT2D eigenvalue weighted by molar-refractivity contribution is -0.141. The predicted octanol–water partition coefficient (Wildman–Crippen LogP) is 6.33. The highest BCUT2D eigenvalue weighted by molar-refractivity contribution is 6.29. The van der Waals surface area contributed by atoms with Crippen molar-refractivity contribution in [1.29, 1.82) is 0 Å². The van der Waals surface area contributed by atoms with E-state index in [1.807, 2.05) is 0 Å². The number of fused-ring (bicyclic) bond motifs is 1. The Morgan fingerprint density at radius 1 is 0.737 bits per heavy atom. The number of hydrogen-bond donors (Lipinski definition) is 2. The molecule has 2 heterocycles. The van der Waals surface area contributed by atoms with Crippen LogP contribution in [0.1, 0.15) is 16.8 Å². The molecular weight excluding hydrogens is 514 g/mol. The number of alkyl halides is 6. The van der Waals surface area contributed by atoms with E-state index in [0.717, 1.165) is 30.5 Å². The summed E-state index contributed by atoms with van der Waals surface area (Å²) >= 11 is 0. The summed E-state index contributed by atoms with van der Waals surface area (Å²) in [5, 5.41) is 5.42. The van der Waals surface area contributed by atoms with Crippen LogP contribution in [-0.2, 0) is 21.9 Å². The maximum atomic E-state index is 13.1. The smallest absolute Gasteiger partial charge is 0.322 e. The summed E-state index contributed by atoms with van der Waals surface area (Å²) in [4.78, 5) is 33.6. The molecule has 38 heavy (non-hydrogen) atoms. The molecule has 2 aromatic carbocycles. The van der Waals surface area contributed by atoms with Gasteiger partial charge < -0.3 is 10.6 Å². The lowest BCUT2D eigenvalue weighted by atomic mass is 10.1. The monoisotopic (exact) mass is 530 g/mol. The summed E-state index contributed by atoms with van der Waals surface area (Å²) in [6.07, 6.45) is -6.00. The number of carbonyl (C=O) groups excluding carboxylic acids is 2. The molecule has 194 valence electrons. The molecule has 0 unspecified atom stereocenters. The van der Waals surface area contributed by atoms with Gasteiger partial charge in [0.2, 0.25) is 0 Å². The normalized spacial score (nSPS) is 12.3. The molecule has 6 nitrogen and oxygen atoms in total. The Morgan fingerprint density at radius 2 is 1.45 bits per heavy atom. The van der Waals surface area contributed by atoms with Crippen LogP contribution in [0.5, 0.6) is 0 Å². The second kappa shape index (κ2) is 10.3. The summed E-state index contributed by atoms with van der Waals surface area (Å²) in [7, 11) is 0. The fraction of sp³-hybridized carbons (Fsp3) is 0.0769. The highest BCUT2D eigenvalue weighted by Crippen LogP contribution is 2.31. The average molecular weight is 530 g/mol. The maximum Gasteiger partial charge on any atom is 0.433 e. The summed E-state index contributed by atoms with van der Waals surface area (Å²) in [6, 6.07) is 13.6. The minimum atomic E-state index is -4.70. The molecule has 0 bridgehead atoms. The third-order valence-electron chi connectivity index (χ3n) is 5.19. The minimum absolute atomic E-state index is 0.0231. The molecule has 0 saturated heterocycles. The number of nitrogens with zero attached hydrogens (tertiary/aromatic N) is 2. The van der Waals surface area contributed by atoms with Gasteiger partial charge in [0.15, 0.2) is 0 Å². The molecule has 4 rings (SSSR count). The number of nitrogens with one attached hydrogen (secondary N) is 2. The van der Waals surface area contributed by atoms with Crippen molar-refractivity contribution in [3.63, 3.8) is 0 Å². The summed E-state index contributed by atoms with van der Waals surface area (Å²) in [6.45, 7) is 0. The van der Waals surface area contributed by atoms with Crippen LogP contribution in [0.3, 0.4) is 0 Å². The quantitative estimate of drug-likeness (QED) is 0.137. The van der Waals surface area contributed by atoms with Gasteiger partial charge in [0.1, 0.15) is 11.3 Å². The largest absolute Gasteiger partial charge is 0.433 e. The van der Waals surface area contributed by atoms with E-state index >= 15 is 0 Å². The fourth-order valence-corrected chi connectivity index (χ4v) is 3.38. The van der Waals surface area contributed by atoms with Crippen molar-refractivity contribution in [1.82, 2.24) is 9.97 Å². The zero-order chi connectivity index (χ0) is 27.5. The van der Waals surface area contributed by atoms with Crippen LogP contribution in [0, 0.1) is 0 Å². The first-order chi connectivity index (χ1) is 17.9. The van der Waals surface area contributed by atoms with Gasteiger partial charge >= 0.3 is 12.4 Å². The lowest BCUT2D eigenvalue weighted by Gasteiger charge is -2.13. The van der Waals surface area contributed by atoms with Crippen LogP contribution in [0.2, 0.25) is 0 Å². The molecule has 0 radical (unpaired) electrons. The Labute approximate surface area is 211 Å². The molecule has 0 fully saturated rings. The van der Waals surface area contributed by atoms with E-state index < -0.39 is 41.0 Å². The van der Waals surface area contributed by atoms with Gasteiger partial charge in [0.25, 0.3) is 11.8 Å². The van der Waals surface area contributed by atoms with Crippen LogP contribution in [0.25, 0.3) is 17.0 Å². The van der Waals surface area contributed by atoms with Crippen LogP contribution < -0.4 is 10.6 Å². The van der Waals surface area contributed by atoms with E-state index in [4.69, 9.17) is 0 Å². The van der Waals surface area contributed by atoms with Crippen molar-refractivity contribution >= 4 is 40.2 Å². The molecule has 4 aromatic rings. The number of rotatable bonds is 5.